The van der Waals surface area contributed by atoms with Crippen LogP contribution in [0.5, 0.6) is 5.75 Å². The lowest BCUT2D eigenvalue weighted by Crippen LogP contribution is -2.12. The van der Waals surface area contributed by atoms with Gasteiger partial charge in [-0.2, -0.15) is 14.0 Å². The van der Waals surface area contributed by atoms with Gasteiger partial charge in [0.1, 0.15) is 16.8 Å². The summed E-state index contributed by atoms with van der Waals surface area (Å²) in [4.78, 5) is 13.6. The molecule has 1 heterocycles. The van der Waals surface area contributed by atoms with Crippen LogP contribution >= 0.6 is 11.3 Å². The van der Waals surface area contributed by atoms with Crippen LogP contribution in [0.3, 0.4) is 0 Å². The summed E-state index contributed by atoms with van der Waals surface area (Å²) in [6.45, 7) is -0.781. The molecular formula is C18H16F2N2O2S. The van der Waals surface area contributed by atoms with Crippen LogP contribution in [0.25, 0.3) is 0 Å². The number of alkyl halides is 2. The standard InChI is InChI=1S/C18H16F2N2O2S/c1-10-5-6-13-14(9-21)17(25-15(13)7-10)22-16(23)11-3-2-4-12(8-11)24-18(19)20/h2-4,8,10,18H,5-7H2,1H3,(H,22,23)/t10-/m1/s1. The SMILES string of the molecule is C[C@@H]1CCc2c(sc(NC(=O)c3cccc(OC(F)F)c3)c2C#N)C1. The van der Waals surface area contributed by atoms with E-state index >= 15 is 0 Å². The maximum Gasteiger partial charge on any atom is 0.387 e. The number of amides is 1. The Balaban J connectivity index is 1.83. The minimum atomic E-state index is -2.95. The quantitative estimate of drug-likeness (QED) is 0.865. The molecule has 0 bridgehead atoms. The van der Waals surface area contributed by atoms with Crippen LogP contribution in [0.1, 0.15) is 39.7 Å². The van der Waals surface area contributed by atoms with E-state index in [9.17, 15) is 18.8 Å². The van der Waals surface area contributed by atoms with Gasteiger partial charge in [0.25, 0.3) is 5.91 Å². The molecule has 0 unspecified atom stereocenters. The zero-order valence-corrected chi connectivity index (χ0v) is 14.3. The van der Waals surface area contributed by atoms with E-state index in [-0.39, 0.29) is 11.3 Å². The van der Waals surface area contributed by atoms with Crippen molar-refractivity contribution in [2.45, 2.75) is 32.8 Å². The lowest BCUT2D eigenvalue weighted by Gasteiger charge is -2.17. The number of ether oxygens (including phenoxy) is 1. The van der Waals surface area contributed by atoms with E-state index in [1.807, 2.05) is 0 Å². The van der Waals surface area contributed by atoms with Gasteiger partial charge >= 0.3 is 6.61 Å². The average molecular weight is 362 g/mol. The van der Waals surface area contributed by atoms with Crippen LogP contribution < -0.4 is 10.1 Å². The Hall–Kier alpha value is -2.46. The van der Waals surface area contributed by atoms with Crippen molar-refractivity contribution < 1.29 is 18.3 Å². The Morgan fingerprint density at radius 1 is 1.48 bits per heavy atom. The second kappa shape index (κ2) is 7.19. The van der Waals surface area contributed by atoms with Crippen molar-refractivity contribution in [1.82, 2.24) is 0 Å². The molecule has 0 aliphatic heterocycles. The first-order chi connectivity index (χ1) is 12.0. The summed E-state index contributed by atoms with van der Waals surface area (Å²) in [5.41, 5.74) is 1.73. The second-order valence-corrected chi connectivity index (χ2v) is 7.13. The number of hydrogen-bond donors (Lipinski definition) is 1. The lowest BCUT2D eigenvalue weighted by atomic mass is 9.88. The number of thiophene rings is 1. The number of halogens is 2. The van der Waals surface area contributed by atoms with E-state index in [1.54, 1.807) is 0 Å². The molecule has 2 aromatic rings. The third kappa shape index (κ3) is 3.80. The first-order valence-corrected chi connectivity index (χ1v) is 8.70. The monoisotopic (exact) mass is 362 g/mol. The Morgan fingerprint density at radius 3 is 3.00 bits per heavy atom. The van der Waals surface area contributed by atoms with Gasteiger partial charge in [-0.25, -0.2) is 0 Å². The first-order valence-electron chi connectivity index (χ1n) is 7.88. The van der Waals surface area contributed by atoms with Crippen LogP contribution in [0.4, 0.5) is 13.8 Å². The molecule has 1 aliphatic carbocycles. The zero-order chi connectivity index (χ0) is 18.0. The van der Waals surface area contributed by atoms with E-state index < -0.39 is 12.5 Å². The number of nitrogens with zero attached hydrogens (tertiary/aromatic N) is 1. The molecule has 1 aromatic carbocycles. The summed E-state index contributed by atoms with van der Waals surface area (Å²) in [7, 11) is 0. The van der Waals surface area contributed by atoms with Crippen LogP contribution in [-0.4, -0.2) is 12.5 Å². The van der Waals surface area contributed by atoms with E-state index in [1.165, 1.54) is 35.6 Å². The van der Waals surface area contributed by atoms with Crippen LogP contribution in [-0.2, 0) is 12.8 Å². The van der Waals surface area contributed by atoms with E-state index in [4.69, 9.17) is 0 Å². The molecule has 1 atom stereocenters. The Morgan fingerprint density at radius 2 is 2.28 bits per heavy atom. The largest absolute Gasteiger partial charge is 0.435 e. The molecule has 0 saturated heterocycles. The number of nitrogens with one attached hydrogen (secondary N) is 1. The molecule has 1 amide bonds. The van der Waals surface area contributed by atoms with Crippen molar-refractivity contribution in [3.05, 3.63) is 45.8 Å². The highest BCUT2D eigenvalue weighted by molar-refractivity contribution is 7.16. The van der Waals surface area contributed by atoms with Crippen molar-refractivity contribution in [3.8, 4) is 11.8 Å². The molecule has 4 nitrogen and oxygen atoms in total. The Labute approximate surface area is 148 Å². The summed E-state index contributed by atoms with van der Waals surface area (Å²) in [5, 5.41) is 12.7. The van der Waals surface area contributed by atoms with Gasteiger partial charge in [0.15, 0.2) is 0 Å². The first kappa shape index (κ1) is 17.4. The number of hydrogen-bond acceptors (Lipinski definition) is 4. The van der Waals surface area contributed by atoms with Crippen LogP contribution in [0.15, 0.2) is 24.3 Å². The number of fused-ring (bicyclic) bond motifs is 1. The number of benzene rings is 1. The molecule has 1 aromatic heterocycles. The molecule has 3 rings (SSSR count). The fraction of sp³-hybridized carbons (Fsp3) is 0.333. The van der Waals surface area contributed by atoms with Crippen molar-refractivity contribution in [3.63, 3.8) is 0 Å². The molecule has 0 spiro atoms. The predicted octanol–water partition coefficient (Wildman–Crippen LogP) is 4.60. The Kier molecular flexibility index (Phi) is 5.00. The fourth-order valence-corrected chi connectivity index (χ4v) is 4.30. The van der Waals surface area contributed by atoms with E-state index in [0.717, 1.165) is 29.7 Å². The van der Waals surface area contributed by atoms with E-state index in [0.29, 0.717) is 16.5 Å². The third-order valence-electron chi connectivity index (χ3n) is 4.17. The average Bonchev–Trinajstić information content (AvgIpc) is 2.90. The minimum absolute atomic E-state index is 0.0811. The number of carbonyl (C=O) groups is 1. The summed E-state index contributed by atoms with van der Waals surface area (Å²) in [6.07, 6.45) is 2.77. The normalized spacial score (nSPS) is 16.2. The highest BCUT2D eigenvalue weighted by atomic mass is 32.1. The van der Waals surface area contributed by atoms with Gasteiger partial charge in [-0.1, -0.05) is 13.0 Å². The van der Waals surface area contributed by atoms with Gasteiger partial charge in [0.2, 0.25) is 0 Å². The minimum Gasteiger partial charge on any atom is -0.435 e. The summed E-state index contributed by atoms with van der Waals surface area (Å²) < 4.78 is 28.9. The summed E-state index contributed by atoms with van der Waals surface area (Å²) in [5.74, 6) is 0.0229. The second-order valence-electron chi connectivity index (χ2n) is 6.03. The molecular weight excluding hydrogens is 346 g/mol. The molecule has 7 heteroatoms. The maximum atomic E-state index is 12.4. The molecule has 1 N–H and O–H groups in total. The fourth-order valence-electron chi connectivity index (χ4n) is 2.95. The third-order valence-corrected chi connectivity index (χ3v) is 5.34. The maximum absolute atomic E-state index is 12.4. The highest BCUT2D eigenvalue weighted by Gasteiger charge is 2.25. The topological polar surface area (TPSA) is 62.1 Å². The van der Waals surface area contributed by atoms with Crippen molar-refractivity contribution in [1.29, 1.82) is 5.26 Å². The molecule has 1 aliphatic rings. The number of nitriles is 1. The van der Waals surface area contributed by atoms with Gasteiger partial charge in [-0.15, -0.1) is 11.3 Å². The van der Waals surface area contributed by atoms with Gasteiger partial charge in [-0.05, 0) is 48.9 Å². The van der Waals surface area contributed by atoms with Crippen LogP contribution in [0, 0.1) is 17.2 Å². The van der Waals surface area contributed by atoms with Crippen molar-refractivity contribution >= 4 is 22.2 Å². The summed E-state index contributed by atoms with van der Waals surface area (Å²) in [6, 6.07) is 7.77. The van der Waals surface area contributed by atoms with Crippen LogP contribution in [0.2, 0.25) is 0 Å². The molecule has 0 radical (unpaired) electrons. The molecule has 0 fully saturated rings. The molecule has 130 valence electrons. The number of rotatable bonds is 4. The molecule has 25 heavy (non-hydrogen) atoms. The van der Waals surface area contributed by atoms with Gasteiger partial charge in [0, 0.05) is 10.4 Å². The predicted molar refractivity (Wildman–Crippen MR) is 91.3 cm³/mol. The van der Waals surface area contributed by atoms with Gasteiger partial charge in [0.05, 0.1) is 5.56 Å². The Bertz CT molecular complexity index is 842. The highest BCUT2D eigenvalue weighted by Crippen LogP contribution is 2.39. The number of anilines is 1. The van der Waals surface area contributed by atoms with Gasteiger partial charge in [-0.3, -0.25) is 4.79 Å². The smallest absolute Gasteiger partial charge is 0.387 e. The van der Waals surface area contributed by atoms with Crippen molar-refractivity contribution in [2.24, 2.45) is 5.92 Å². The zero-order valence-electron chi connectivity index (χ0n) is 13.5. The van der Waals surface area contributed by atoms with Gasteiger partial charge < -0.3 is 10.1 Å². The van der Waals surface area contributed by atoms with E-state index in [2.05, 4.69) is 23.0 Å². The molecule has 0 saturated carbocycles. The summed E-state index contributed by atoms with van der Waals surface area (Å²) >= 11 is 1.42. The number of carbonyl (C=O) groups excluding carboxylic acids is 1. The van der Waals surface area contributed by atoms with Crippen molar-refractivity contribution in [2.75, 3.05) is 5.32 Å². The lowest BCUT2D eigenvalue weighted by molar-refractivity contribution is -0.0498.